The molecule has 344 valence electrons. The minimum atomic E-state index is -4.47. The molecule has 0 atom stereocenters. The highest BCUT2D eigenvalue weighted by Crippen LogP contribution is 2.31. The van der Waals surface area contributed by atoms with Gasteiger partial charge in [-0.1, -0.05) is 12.1 Å². The van der Waals surface area contributed by atoms with Crippen molar-refractivity contribution in [2.24, 2.45) is 11.8 Å². The number of alkyl halides is 3. The SMILES string of the molecule is Cc1ccc(Oc2ccc(OCC3CCN(C(=O)O)CC3)cc2)nc1.O=C(Oc1ccc(Oc2ccc(C(F)(F)F)cn2)cc1)N1CCC(COc2ccc(Oc3ccccn3)cc2)CC1. The molecule has 0 saturated carbocycles. The Kier molecular flexibility index (Phi) is 15.7. The monoisotopic (exact) mass is 907 g/mol. The number of aryl methyl sites for hydroxylation is 1. The molecule has 17 heteroatoms. The number of amides is 2. The van der Waals surface area contributed by atoms with Gasteiger partial charge in [0.05, 0.1) is 18.8 Å². The van der Waals surface area contributed by atoms with Crippen LogP contribution < -0.4 is 28.4 Å². The predicted octanol–water partition coefficient (Wildman–Crippen LogP) is 11.3. The van der Waals surface area contributed by atoms with Crippen molar-refractivity contribution in [3.05, 3.63) is 145 Å². The van der Waals surface area contributed by atoms with Gasteiger partial charge in [0.25, 0.3) is 0 Å². The molecule has 0 unspecified atom stereocenters. The van der Waals surface area contributed by atoms with Crippen LogP contribution in [0.1, 0.15) is 36.8 Å². The van der Waals surface area contributed by atoms with Gasteiger partial charge in [-0.05, 0) is 135 Å². The number of piperidine rings is 2. The third kappa shape index (κ3) is 14.2. The Balaban J connectivity index is 0.000000221. The molecule has 2 amide bonds. The lowest BCUT2D eigenvalue weighted by molar-refractivity contribution is -0.137. The first-order chi connectivity index (χ1) is 31.9. The number of halogens is 3. The molecule has 2 aliphatic heterocycles. The lowest BCUT2D eigenvalue weighted by atomic mass is 9.98. The van der Waals surface area contributed by atoms with Crippen LogP contribution in [0.15, 0.2) is 134 Å². The van der Waals surface area contributed by atoms with Crippen molar-refractivity contribution in [1.82, 2.24) is 24.8 Å². The zero-order valence-corrected chi connectivity index (χ0v) is 36.0. The van der Waals surface area contributed by atoms with Gasteiger partial charge in [0, 0.05) is 63.0 Å². The highest BCUT2D eigenvalue weighted by Gasteiger charge is 2.31. The second kappa shape index (κ2) is 22.4. The lowest BCUT2D eigenvalue weighted by Crippen LogP contribution is -2.41. The Labute approximate surface area is 379 Å². The Bertz CT molecular complexity index is 2430. The minimum Gasteiger partial charge on any atom is -0.493 e. The normalized spacial score (nSPS) is 14.3. The number of nitrogens with zero attached hydrogens (tertiary/aromatic N) is 5. The molecule has 0 bridgehead atoms. The van der Waals surface area contributed by atoms with Crippen LogP contribution in [0.3, 0.4) is 0 Å². The van der Waals surface area contributed by atoms with Crippen LogP contribution in [0.5, 0.6) is 52.1 Å². The third-order valence-corrected chi connectivity index (χ3v) is 10.7. The number of hydrogen-bond donors (Lipinski definition) is 1. The second-order valence-corrected chi connectivity index (χ2v) is 15.6. The molecule has 8 rings (SSSR count). The topological polar surface area (TPSA) is 155 Å². The van der Waals surface area contributed by atoms with Crippen LogP contribution >= 0.6 is 0 Å². The number of aromatic nitrogens is 3. The van der Waals surface area contributed by atoms with E-state index in [1.165, 1.54) is 4.90 Å². The average Bonchev–Trinajstić information content (AvgIpc) is 3.33. The smallest absolute Gasteiger partial charge is 0.417 e. The summed E-state index contributed by atoms with van der Waals surface area (Å²) in [7, 11) is 0. The maximum atomic E-state index is 12.7. The molecular formula is C49H48F3N5O9. The summed E-state index contributed by atoms with van der Waals surface area (Å²) in [5.41, 5.74) is 0.229. The van der Waals surface area contributed by atoms with Crippen molar-refractivity contribution >= 4 is 12.2 Å². The van der Waals surface area contributed by atoms with Crippen LogP contribution in [-0.2, 0) is 6.18 Å². The van der Waals surface area contributed by atoms with Crippen LogP contribution in [0.25, 0.3) is 0 Å². The van der Waals surface area contributed by atoms with Gasteiger partial charge < -0.3 is 43.3 Å². The molecule has 3 aromatic heterocycles. The first kappa shape index (κ1) is 46.4. The summed E-state index contributed by atoms with van der Waals surface area (Å²) in [4.78, 5) is 38.7. The van der Waals surface area contributed by atoms with E-state index in [0.717, 1.165) is 54.9 Å². The lowest BCUT2D eigenvalue weighted by Gasteiger charge is -2.31. The summed E-state index contributed by atoms with van der Waals surface area (Å²) in [6.45, 7) is 5.38. The Morgan fingerprint density at radius 2 is 1.03 bits per heavy atom. The number of pyridine rings is 3. The molecule has 0 radical (unpaired) electrons. The van der Waals surface area contributed by atoms with Gasteiger partial charge in [0.15, 0.2) is 0 Å². The van der Waals surface area contributed by atoms with Crippen molar-refractivity contribution in [1.29, 1.82) is 0 Å². The van der Waals surface area contributed by atoms with E-state index in [2.05, 4.69) is 15.0 Å². The largest absolute Gasteiger partial charge is 0.493 e. The van der Waals surface area contributed by atoms with E-state index < -0.39 is 23.9 Å². The van der Waals surface area contributed by atoms with Gasteiger partial charge in [-0.2, -0.15) is 13.2 Å². The summed E-state index contributed by atoms with van der Waals surface area (Å²) in [5.74, 6) is 5.35. The van der Waals surface area contributed by atoms with Gasteiger partial charge in [0.1, 0.15) is 34.5 Å². The standard InChI is InChI=1S/C30H26F3N3O5.C19H22N2O4/c31-30(32,33)22-4-13-28(35-19-22)40-25-9-11-26(12-10-25)41-29(37)36-17-14-21(15-18-36)20-38-23-5-7-24(8-6-23)39-27-3-1-2-16-34-27;1-14-2-7-18(20-12-14)25-17-5-3-16(4-6-17)24-13-15-8-10-21(11-9-15)19(22)23/h1-13,16,19,21H,14-15,17-18,20H2;2-7,12,15H,8-11,13H2,1H3,(H,22,23). The average molecular weight is 908 g/mol. The fourth-order valence-electron chi connectivity index (χ4n) is 6.84. The van der Waals surface area contributed by atoms with Crippen molar-refractivity contribution in [2.75, 3.05) is 39.4 Å². The molecule has 0 aliphatic carbocycles. The Morgan fingerprint density at radius 1 is 0.576 bits per heavy atom. The molecule has 0 spiro atoms. The Morgan fingerprint density at radius 3 is 1.45 bits per heavy atom. The number of rotatable bonds is 13. The molecule has 66 heavy (non-hydrogen) atoms. The number of ether oxygens (including phenoxy) is 6. The van der Waals surface area contributed by atoms with Gasteiger partial charge in [-0.15, -0.1) is 0 Å². The van der Waals surface area contributed by atoms with E-state index in [1.54, 1.807) is 47.6 Å². The minimum absolute atomic E-state index is 0.0150. The number of carbonyl (C=O) groups is 2. The number of carboxylic acid groups (broad SMARTS) is 1. The van der Waals surface area contributed by atoms with E-state index in [4.69, 9.17) is 33.5 Å². The molecule has 14 nitrogen and oxygen atoms in total. The summed E-state index contributed by atoms with van der Waals surface area (Å²) in [6.07, 6.45) is 1.63. The summed E-state index contributed by atoms with van der Waals surface area (Å²) in [6, 6.07) is 32.3. The molecule has 2 saturated heterocycles. The maximum Gasteiger partial charge on any atom is 0.417 e. The second-order valence-electron chi connectivity index (χ2n) is 15.6. The van der Waals surface area contributed by atoms with Crippen LogP contribution in [0, 0.1) is 18.8 Å². The van der Waals surface area contributed by atoms with Crippen LogP contribution in [0.2, 0.25) is 0 Å². The van der Waals surface area contributed by atoms with Crippen molar-refractivity contribution in [2.45, 2.75) is 38.8 Å². The predicted molar refractivity (Wildman–Crippen MR) is 236 cm³/mol. The maximum absolute atomic E-state index is 12.7. The molecule has 6 aromatic rings. The summed E-state index contributed by atoms with van der Waals surface area (Å²) < 4.78 is 72.1. The number of carbonyl (C=O) groups excluding carboxylic acids is 1. The van der Waals surface area contributed by atoms with E-state index in [9.17, 15) is 22.8 Å². The third-order valence-electron chi connectivity index (χ3n) is 10.7. The van der Waals surface area contributed by atoms with E-state index in [0.29, 0.717) is 92.2 Å². The first-order valence-corrected chi connectivity index (χ1v) is 21.3. The molecule has 1 N–H and O–H groups in total. The van der Waals surface area contributed by atoms with E-state index in [-0.39, 0.29) is 5.88 Å². The van der Waals surface area contributed by atoms with Crippen molar-refractivity contribution in [3.8, 4) is 52.1 Å². The molecule has 2 fully saturated rings. The van der Waals surface area contributed by atoms with Crippen molar-refractivity contribution < 1.29 is 56.3 Å². The summed E-state index contributed by atoms with van der Waals surface area (Å²) >= 11 is 0. The molecular weight excluding hydrogens is 860 g/mol. The van der Waals surface area contributed by atoms with Gasteiger partial charge in [0.2, 0.25) is 17.6 Å². The van der Waals surface area contributed by atoms with E-state index in [1.807, 2.05) is 79.7 Å². The number of benzene rings is 3. The quantitative estimate of drug-likeness (QED) is 0.117. The number of hydrogen-bond acceptors (Lipinski definition) is 11. The van der Waals surface area contributed by atoms with E-state index >= 15 is 0 Å². The molecule has 2 aliphatic rings. The Hall–Kier alpha value is -7.56. The molecule has 3 aromatic carbocycles. The van der Waals surface area contributed by atoms with Crippen LogP contribution in [0.4, 0.5) is 22.8 Å². The number of likely N-dealkylation sites (tertiary alicyclic amines) is 2. The first-order valence-electron chi connectivity index (χ1n) is 21.3. The fraction of sp³-hybridized carbons (Fsp3) is 0.286. The summed E-state index contributed by atoms with van der Waals surface area (Å²) in [5, 5.41) is 8.96. The molecule has 5 heterocycles. The van der Waals surface area contributed by atoms with Gasteiger partial charge in [-0.25, -0.2) is 24.5 Å². The highest BCUT2D eigenvalue weighted by atomic mass is 19.4. The van der Waals surface area contributed by atoms with Gasteiger partial charge in [-0.3, -0.25) is 0 Å². The van der Waals surface area contributed by atoms with Gasteiger partial charge >= 0.3 is 18.4 Å². The van der Waals surface area contributed by atoms with Crippen molar-refractivity contribution in [3.63, 3.8) is 0 Å². The highest BCUT2D eigenvalue weighted by molar-refractivity contribution is 5.70. The zero-order chi connectivity index (χ0) is 46.3. The zero-order valence-electron chi connectivity index (χ0n) is 36.0. The van der Waals surface area contributed by atoms with Crippen LogP contribution in [-0.4, -0.2) is 81.4 Å². The fourth-order valence-corrected chi connectivity index (χ4v) is 6.84.